The fraction of sp³-hybridized carbons (Fsp3) is 0.400. The lowest BCUT2D eigenvalue weighted by Crippen LogP contribution is -2.29. The Kier molecular flexibility index (Phi) is 6.01. The summed E-state index contributed by atoms with van der Waals surface area (Å²) in [7, 11) is 0. The molecule has 0 radical (unpaired) electrons. The lowest BCUT2D eigenvalue weighted by molar-refractivity contribution is 0.252. The highest BCUT2D eigenvalue weighted by Gasteiger charge is 2.11. The molecule has 2 amide bonds. The fourth-order valence-corrected chi connectivity index (χ4v) is 2.62. The first kappa shape index (κ1) is 18.8. The van der Waals surface area contributed by atoms with Gasteiger partial charge in [-0.25, -0.2) is 14.8 Å². The molecule has 0 fully saturated rings. The summed E-state index contributed by atoms with van der Waals surface area (Å²) in [4.78, 5) is 25.3. The quantitative estimate of drug-likeness (QED) is 0.589. The molecule has 2 N–H and O–H groups in total. The number of furan rings is 1. The van der Waals surface area contributed by atoms with Gasteiger partial charge in [-0.1, -0.05) is 33.6 Å². The number of rotatable bonds is 7. The maximum atomic E-state index is 12.0. The molecule has 0 saturated heterocycles. The molecular formula is C20H25N5O2. The van der Waals surface area contributed by atoms with Crippen LogP contribution in [-0.4, -0.2) is 27.5 Å². The van der Waals surface area contributed by atoms with Crippen molar-refractivity contribution in [1.82, 2.24) is 20.3 Å². The summed E-state index contributed by atoms with van der Waals surface area (Å²) in [6, 6.07) is 7.06. The van der Waals surface area contributed by atoms with Crippen molar-refractivity contribution in [3.63, 3.8) is 0 Å². The largest absolute Gasteiger partial charge is 0.459 e. The van der Waals surface area contributed by atoms with Gasteiger partial charge in [-0.15, -0.1) is 0 Å². The van der Waals surface area contributed by atoms with E-state index in [1.165, 1.54) is 0 Å². The molecule has 0 unspecified atom stereocenters. The number of urea groups is 1. The monoisotopic (exact) mass is 367 g/mol. The molecule has 0 atom stereocenters. The molecule has 0 saturated carbocycles. The van der Waals surface area contributed by atoms with E-state index in [0.29, 0.717) is 40.9 Å². The van der Waals surface area contributed by atoms with Crippen LogP contribution in [0.4, 0.5) is 10.6 Å². The third-order valence-electron chi connectivity index (χ3n) is 4.16. The maximum Gasteiger partial charge on any atom is 0.320 e. The number of carbonyl (C=O) groups excluding carboxylic acids is 1. The SMILES string of the molecule is CCCCCNC(=O)Nc1ccc2ncc(-c3ccc(C(C)C)o3)nc2n1. The van der Waals surface area contributed by atoms with Gasteiger partial charge in [0.1, 0.15) is 22.8 Å². The average Bonchev–Trinajstić information content (AvgIpc) is 3.15. The number of pyridine rings is 1. The van der Waals surface area contributed by atoms with Gasteiger partial charge in [0.25, 0.3) is 0 Å². The van der Waals surface area contributed by atoms with Crippen molar-refractivity contribution in [2.75, 3.05) is 11.9 Å². The summed E-state index contributed by atoms with van der Waals surface area (Å²) in [5.41, 5.74) is 1.73. The van der Waals surface area contributed by atoms with Gasteiger partial charge in [0.2, 0.25) is 0 Å². The normalized spacial score (nSPS) is 11.1. The molecule has 0 aliphatic heterocycles. The third kappa shape index (κ3) is 4.81. The van der Waals surface area contributed by atoms with Gasteiger partial charge in [0, 0.05) is 12.5 Å². The molecule has 3 aromatic rings. The lowest BCUT2D eigenvalue weighted by atomic mass is 10.2. The summed E-state index contributed by atoms with van der Waals surface area (Å²) >= 11 is 0. The Labute approximate surface area is 158 Å². The molecule has 7 nitrogen and oxygen atoms in total. The topological polar surface area (TPSA) is 92.9 Å². The summed E-state index contributed by atoms with van der Waals surface area (Å²) in [5, 5.41) is 5.56. The lowest BCUT2D eigenvalue weighted by Gasteiger charge is -2.07. The van der Waals surface area contributed by atoms with E-state index in [4.69, 9.17) is 4.42 Å². The molecule has 0 aromatic carbocycles. The standard InChI is InChI=1S/C20H25N5O2/c1-4-5-6-11-21-20(26)25-18-10-7-14-19(24-18)23-15(12-22-14)17-9-8-16(27-17)13(2)3/h7-10,12-13H,4-6,11H2,1-3H3,(H2,21,23,24,25,26). The minimum absolute atomic E-state index is 0.269. The van der Waals surface area contributed by atoms with Crippen molar-refractivity contribution in [3.05, 3.63) is 36.2 Å². The van der Waals surface area contributed by atoms with Crippen LogP contribution < -0.4 is 10.6 Å². The molecule has 27 heavy (non-hydrogen) atoms. The number of nitrogens with zero attached hydrogens (tertiary/aromatic N) is 3. The van der Waals surface area contributed by atoms with E-state index in [1.54, 1.807) is 18.3 Å². The van der Waals surface area contributed by atoms with E-state index in [2.05, 4.69) is 46.4 Å². The van der Waals surface area contributed by atoms with Crippen LogP contribution in [0.15, 0.2) is 34.9 Å². The van der Waals surface area contributed by atoms with Crippen LogP contribution in [0, 0.1) is 0 Å². The third-order valence-corrected chi connectivity index (χ3v) is 4.16. The molecule has 0 bridgehead atoms. The summed E-state index contributed by atoms with van der Waals surface area (Å²) in [6.45, 7) is 6.91. The number of fused-ring (bicyclic) bond motifs is 1. The molecule has 0 spiro atoms. The van der Waals surface area contributed by atoms with Gasteiger partial charge in [0.05, 0.1) is 6.20 Å². The van der Waals surface area contributed by atoms with Crippen LogP contribution in [0.3, 0.4) is 0 Å². The van der Waals surface area contributed by atoms with Crippen molar-refractivity contribution in [3.8, 4) is 11.5 Å². The number of amides is 2. The van der Waals surface area contributed by atoms with E-state index in [-0.39, 0.29) is 6.03 Å². The number of carbonyl (C=O) groups is 1. The van der Waals surface area contributed by atoms with Crippen molar-refractivity contribution < 1.29 is 9.21 Å². The van der Waals surface area contributed by atoms with Gasteiger partial charge in [0.15, 0.2) is 11.4 Å². The van der Waals surface area contributed by atoms with E-state index < -0.39 is 0 Å². The minimum atomic E-state index is -0.269. The fourth-order valence-electron chi connectivity index (χ4n) is 2.62. The van der Waals surface area contributed by atoms with E-state index in [9.17, 15) is 4.79 Å². The number of nitrogens with one attached hydrogen (secondary N) is 2. The second-order valence-electron chi connectivity index (χ2n) is 6.74. The van der Waals surface area contributed by atoms with Gasteiger partial charge in [-0.05, 0) is 30.7 Å². The van der Waals surface area contributed by atoms with E-state index in [0.717, 1.165) is 25.0 Å². The number of anilines is 1. The first-order valence-corrected chi connectivity index (χ1v) is 9.35. The first-order valence-electron chi connectivity index (χ1n) is 9.35. The average molecular weight is 367 g/mol. The number of hydrogen-bond donors (Lipinski definition) is 2. The first-order chi connectivity index (χ1) is 13.1. The second kappa shape index (κ2) is 8.62. The number of aromatic nitrogens is 3. The van der Waals surface area contributed by atoms with Crippen LogP contribution >= 0.6 is 0 Å². The van der Waals surface area contributed by atoms with Crippen LogP contribution in [-0.2, 0) is 0 Å². The molecule has 3 rings (SSSR count). The Morgan fingerprint density at radius 2 is 2.00 bits per heavy atom. The zero-order chi connectivity index (χ0) is 19.2. The zero-order valence-electron chi connectivity index (χ0n) is 16.0. The summed E-state index contributed by atoms with van der Waals surface area (Å²) in [5.74, 6) is 2.29. The van der Waals surface area contributed by atoms with Crippen LogP contribution in [0.25, 0.3) is 22.6 Å². The Morgan fingerprint density at radius 3 is 2.74 bits per heavy atom. The molecule has 0 aliphatic rings. The zero-order valence-corrected chi connectivity index (χ0v) is 16.0. The van der Waals surface area contributed by atoms with E-state index in [1.807, 2.05) is 12.1 Å². The molecular weight excluding hydrogens is 342 g/mol. The Balaban J connectivity index is 1.74. The van der Waals surface area contributed by atoms with Gasteiger partial charge >= 0.3 is 6.03 Å². The van der Waals surface area contributed by atoms with Crippen molar-refractivity contribution in [2.45, 2.75) is 46.0 Å². The van der Waals surface area contributed by atoms with Crippen LogP contribution in [0.2, 0.25) is 0 Å². The smallest absolute Gasteiger partial charge is 0.320 e. The van der Waals surface area contributed by atoms with Gasteiger partial charge in [-0.3, -0.25) is 10.3 Å². The molecule has 3 heterocycles. The Hall–Kier alpha value is -2.96. The Morgan fingerprint density at radius 1 is 1.15 bits per heavy atom. The highest BCUT2D eigenvalue weighted by atomic mass is 16.3. The van der Waals surface area contributed by atoms with Crippen LogP contribution in [0.1, 0.15) is 51.7 Å². The maximum absolute atomic E-state index is 12.0. The number of hydrogen-bond acceptors (Lipinski definition) is 5. The Bertz CT molecular complexity index is 920. The van der Waals surface area contributed by atoms with E-state index >= 15 is 0 Å². The van der Waals surface area contributed by atoms with Crippen molar-refractivity contribution >= 4 is 23.0 Å². The van der Waals surface area contributed by atoms with Crippen molar-refractivity contribution in [2.24, 2.45) is 0 Å². The van der Waals surface area contributed by atoms with Crippen molar-refractivity contribution in [1.29, 1.82) is 0 Å². The predicted molar refractivity (Wildman–Crippen MR) is 106 cm³/mol. The molecule has 142 valence electrons. The predicted octanol–water partition coefficient (Wildman–Crippen LogP) is 4.72. The minimum Gasteiger partial charge on any atom is -0.459 e. The van der Waals surface area contributed by atoms with Gasteiger partial charge < -0.3 is 9.73 Å². The van der Waals surface area contributed by atoms with Gasteiger partial charge in [-0.2, -0.15) is 0 Å². The number of unbranched alkanes of at least 4 members (excludes halogenated alkanes) is 2. The molecule has 0 aliphatic carbocycles. The summed E-state index contributed by atoms with van der Waals surface area (Å²) in [6.07, 6.45) is 4.84. The molecule has 7 heteroatoms. The highest BCUT2D eigenvalue weighted by Crippen LogP contribution is 2.25. The highest BCUT2D eigenvalue weighted by molar-refractivity contribution is 5.89. The summed E-state index contributed by atoms with van der Waals surface area (Å²) < 4.78 is 5.83. The molecule has 3 aromatic heterocycles. The second-order valence-corrected chi connectivity index (χ2v) is 6.74. The van der Waals surface area contributed by atoms with Crippen LogP contribution in [0.5, 0.6) is 0 Å².